The van der Waals surface area contributed by atoms with Crippen LogP contribution in [0.5, 0.6) is 0 Å². The molecule has 0 saturated carbocycles. The summed E-state index contributed by atoms with van der Waals surface area (Å²) < 4.78 is 0. The molecule has 1 aliphatic carbocycles. The molecule has 0 amide bonds. The fourth-order valence-corrected chi connectivity index (χ4v) is 1.80. The van der Waals surface area contributed by atoms with Crippen LogP contribution >= 0.6 is 0 Å². The van der Waals surface area contributed by atoms with Crippen molar-refractivity contribution in [1.29, 1.82) is 0 Å². The number of terminal acetylenes is 1. The zero-order valence-electron chi connectivity index (χ0n) is 8.36. The molecule has 1 aromatic rings. The molecule has 0 fully saturated rings. The third kappa shape index (κ3) is 1.41. The monoisotopic (exact) mass is 212 g/mol. The molecule has 1 N–H and O–H groups in total. The average molecular weight is 212 g/mol. The maximum Gasteiger partial charge on any atom is 0.340 e. The van der Waals surface area contributed by atoms with Crippen molar-refractivity contribution < 1.29 is 14.7 Å². The standard InChI is InChI=1S/C13H8O3/c1-2-8-7-9-5-3-4-6-10(9)12(14)11(8)13(15)16/h1,3-6H,7H2,(H,15,16). The van der Waals surface area contributed by atoms with E-state index >= 15 is 0 Å². The van der Waals surface area contributed by atoms with Crippen molar-refractivity contribution in [2.45, 2.75) is 6.42 Å². The van der Waals surface area contributed by atoms with Crippen LogP contribution in [0.15, 0.2) is 35.4 Å². The van der Waals surface area contributed by atoms with Gasteiger partial charge in [0.1, 0.15) is 5.57 Å². The van der Waals surface area contributed by atoms with E-state index in [1.165, 1.54) is 0 Å². The Labute approximate surface area is 92.4 Å². The molecule has 0 unspecified atom stereocenters. The third-order valence-electron chi connectivity index (χ3n) is 2.55. The summed E-state index contributed by atoms with van der Waals surface area (Å²) in [7, 11) is 0. The normalized spacial score (nSPS) is 14.3. The number of benzene rings is 1. The smallest absolute Gasteiger partial charge is 0.340 e. The average Bonchev–Trinajstić information content (AvgIpc) is 2.28. The first-order chi connectivity index (χ1) is 7.65. The lowest BCUT2D eigenvalue weighted by Crippen LogP contribution is -2.21. The molecule has 0 spiro atoms. The molecule has 1 aromatic carbocycles. The molecule has 0 saturated heterocycles. The molecule has 78 valence electrons. The highest BCUT2D eigenvalue weighted by atomic mass is 16.4. The van der Waals surface area contributed by atoms with E-state index in [1.807, 2.05) is 0 Å². The summed E-state index contributed by atoms with van der Waals surface area (Å²) >= 11 is 0. The number of carboxylic acids is 1. The van der Waals surface area contributed by atoms with Gasteiger partial charge in [0, 0.05) is 17.6 Å². The highest BCUT2D eigenvalue weighted by molar-refractivity contribution is 6.26. The fourth-order valence-electron chi connectivity index (χ4n) is 1.80. The predicted octanol–water partition coefficient (Wildman–Crippen LogP) is 1.44. The summed E-state index contributed by atoms with van der Waals surface area (Å²) in [5.74, 6) is 0.530. The van der Waals surface area contributed by atoms with Crippen molar-refractivity contribution in [3.8, 4) is 12.3 Å². The second-order valence-corrected chi connectivity index (χ2v) is 3.47. The largest absolute Gasteiger partial charge is 0.478 e. The minimum Gasteiger partial charge on any atom is -0.478 e. The summed E-state index contributed by atoms with van der Waals surface area (Å²) in [6, 6.07) is 6.90. The van der Waals surface area contributed by atoms with Crippen LogP contribution in [0.1, 0.15) is 15.9 Å². The zero-order chi connectivity index (χ0) is 11.7. The van der Waals surface area contributed by atoms with Crippen LogP contribution in [0.2, 0.25) is 0 Å². The number of carbonyl (C=O) groups is 2. The van der Waals surface area contributed by atoms with E-state index in [-0.39, 0.29) is 11.1 Å². The summed E-state index contributed by atoms with van der Waals surface area (Å²) in [5.41, 5.74) is 1.18. The molecule has 2 rings (SSSR count). The number of Topliss-reactive ketones (excluding diaryl/α,β-unsaturated/α-hetero) is 1. The fraction of sp³-hybridized carbons (Fsp3) is 0.0769. The predicted molar refractivity (Wildman–Crippen MR) is 58.0 cm³/mol. The number of allylic oxidation sites excluding steroid dienone is 1. The Kier molecular flexibility index (Phi) is 2.34. The molecular weight excluding hydrogens is 204 g/mol. The van der Waals surface area contributed by atoms with E-state index in [4.69, 9.17) is 11.5 Å². The van der Waals surface area contributed by atoms with Crippen molar-refractivity contribution in [2.24, 2.45) is 0 Å². The maximum atomic E-state index is 11.9. The lowest BCUT2D eigenvalue weighted by atomic mass is 9.85. The molecular formula is C13H8O3. The number of rotatable bonds is 1. The number of hydrogen-bond donors (Lipinski definition) is 1. The van der Waals surface area contributed by atoms with Crippen LogP contribution in [0.4, 0.5) is 0 Å². The minimum absolute atomic E-state index is 0.246. The van der Waals surface area contributed by atoms with Gasteiger partial charge in [-0.15, -0.1) is 6.42 Å². The van der Waals surface area contributed by atoms with Crippen LogP contribution in [-0.2, 0) is 11.2 Å². The summed E-state index contributed by atoms with van der Waals surface area (Å²) in [4.78, 5) is 22.9. The van der Waals surface area contributed by atoms with Crippen LogP contribution in [0, 0.1) is 12.3 Å². The molecule has 16 heavy (non-hydrogen) atoms. The lowest BCUT2D eigenvalue weighted by Gasteiger charge is -2.16. The molecule has 1 aliphatic rings. The van der Waals surface area contributed by atoms with E-state index in [1.54, 1.807) is 24.3 Å². The van der Waals surface area contributed by atoms with Gasteiger partial charge in [0.15, 0.2) is 0 Å². The summed E-state index contributed by atoms with van der Waals surface area (Å²) in [6.07, 6.45) is 5.56. The van der Waals surface area contributed by atoms with Crippen molar-refractivity contribution >= 4 is 11.8 Å². The van der Waals surface area contributed by atoms with E-state index < -0.39 is 11.8 Å². The number of hydrogen-bond acceptors (Lipinski definition) is 2. The quantitative estimate of drug-likeness (QED) is 0.566. The van der Waals surface area contributed by atoms with Crippen molar-refractivity contribution in [2.75, 3.05) is 0 Å². The molecule has 0 aliphatic heterocycles. The van der Waals surface area contributed by atoms with Gasteiger partial charge in [0.25, 0.3) is 0 Å². The van der Waals surface area contributed by atoms with Gasteiger partial charge in [0.05, 0.1) is 0 Å². The number of fused-ring (bicyclic) bond motifs is 1. The van der Waals surface area contributed by atoms with E-state index in [2.05, 4.69) is 5.92 Å². The van der Waals surface area contributed by atoms with Crippen molar-refractivity contribution in [1.82, 2.24) is 0 Å². The van der Waals surface area contributed by atoms with Gasteiger partial charge < -0.3 is 5.11 Å². The molecule has 0 heterocycles. The number of ketones is 1. The second-order valence-electron chi connectivity index (χ2n) is 3.47. The highest BCUT2D eigenvalue weighted by Crippen LogP contribution is 2.25. The van der Waals surface area contributed by atoms with Gasteiger partial charge in [-0.25, -0.2) is 4.79 Å². The van der Waals surface area contributed by atoms with Gasteiger partial charge in [-0.1, -0.05) is 30.2 Å². The van der Waals surface area contributed by atoms with Crippen LogP contribution in [0.25, 0.3) is 0 Å². The van der Waals surface area contributed by atoms with Crippen LogP contribution in [0.3, 0.4) is 0 Å². The lowest BCUT2D eigenvalue weighted by molar-refractivity contribution is -0.132. The molecule has 3 nitrogen and oxygen atoms in total. The van der Waals surface area contributed by atoms with Gasteiger partial charge in [-0.3, -0.25) is 4.79 Å². The van der Waals surface area contributed by atoms with Crippen molar-refractivity contribution in [3.05, 3.63) is 46.5 Å². The van der Waals surface area contributed by atoms with Gasteiger partial charge in [0.2, 0.25) is 5.78 Å². The van der Waals surface area contributed by atoms with E-state index in [0.29, 0.717) is 12.0 Å². The van der Waals surface area contributed by atoms with Crippen LogP contribution < -0.4 is 0 Å². The Morgan fingerprint density at radius 2 is 2.06 bits per heavy atom. The number of aliphatic carboxylic acids is 1. The SMILES string of the molecule is C#CC1=C(C(=O)O)C(=O)c2ccccc2C1. The van der Waals surface area contributed by atoms with Gasteiger partial charge in [-0.2, -0.15) is 0 Å². The third-order valence-corrected chi connectivity index (χ3v) is 2.55. The van der Waals surface area contributed by atoms with Gasteiger partial charge in [-0.05, 0) is 5.56 Å². The number of carbonyl (C=O) groups excluding carboxylic acids is 1. The maximum absolute atomic E-state index is 11.9. The second kappa shape index (κ2) is 3.67. The first-order valence-electron chi connectivity index (χ1n) is 4.70. The minimum atomic E-state index is -1.26. The Morgan fingerprint density at radius 3 is 2.69 bits per heavy atom. The van der Waals surface area contributed by atoms with Gasteiger partial charge >= 0.3 is 5.97 Å². The topological polar surface area (TPSA) is 54.4 Å². The summed E-state index contributed by atoms with van der Waals surface area (Å²) in [5, 5.41) is 8.96. The first kappa shape index (κ1) is 10.2. The molecule has 3 heteroatoms. The Balaban J connectivity index is 2.64. The Hall–Kier alpha value is -2.34. The van der Waals surface area contributed by atoms with E-state index in [9.17, 15) is 9.59 Å². The Bertz CT molecular complexity index is 559. The Morgan fingerprint density at radius 1 is 1.38 bits per heavy atom. The molecule has 0 radical (unpaired) electrons. The van der Waals surface area contributed by atoms with Crippen LogP contribution in [-0.4, -0.2) is 16.9 Å². The summed E-state index contributed by atoms with van der Waals surface area (Å²) in [6.45, 7) is 0. The number of carboxylic acid groups (broad SMARTS) is 1. The van der Waals surface area contributed by atoms with E-state index in [0.717, 1.165) is 5.56 Å². The first-order valence-corrected chi connectivity index (χ1v) is 4.70. The molecule has 0 aromatic heterocycles. The zero-order valence-corrected chi connectivity index (χ0v) is 8.36. The molecule has 0 atom stereocenters. The molecule has 0 bridgehead atoms. The van der Waals surface area contributed by atoms with Crippen molar-refractivity contribution in [3.63, 3.8) is 0 Å². The highest BCUT2D eigenvalue weighted by Gasteiger charge is 2.29.